The third kappa shape index (κ3) is 4.77. The Balaban J connectivity index is 0.00000289. The van der Waals surface area contributed by atoms with Gasteiger partial charge in [0, 0.05) is 13.1 Å². The Kier molecular flexibility index (Phi) is 8.63. The number of halogens is 2. The monoisotopic (exact) mass is 291 g/mol. The van der Waals surface area contributed by atoms with E-state index in [1.165, 1.54) is 0 Å². The van der Waals surface area contributed by atoms with Crippen molar-refractivity contribution in [2.45, 2.75) is 13.5 Å². The number of hydrogen-bond acceptors (Lipinski definition) is 3. The summed E-state index contributed by atoms with van der Waals surface area (Å²) in [4.78, 5) is 0. The van der Waals surface area contributed by atoms with Gasteiger partial charge >= 0.3 is 0 Å². The first-order valence-electron chi connectivity index (χ1n) is 5.53. The summed E-state index contributed by atoms with van der Waals surface area (Å²) in [5.74, 6) is 1.26. The number of ether oxygens (including phenoxy) is 2. The molecule has 102 valence electrons. The quantitative estimate of drug-likeness (QED) is 0.617. The molecule has 0 bridgehead atoms. The molecule has 0 saturated carbocycles. The summed E-state index contributed by atoms with van der Waals surface area (Å²) in [5, 5.41) is 3.78. The molecule has 1 rings (SSSR count). The Morgan fingerprint density at radius 3 is 2.72 bits per heavy atom. The van der Waals surface area contributed by atoms with Crippen molar-refractivity contribution in [3.8, 4) is 11.5 Å². The van der Waals surface area contributed by atoms with Gasteiger partial charge in [-0.2, -0.15) is 0 Å². The second-order valence-electron chi connectivity index (χ2n) is 3.46. The third-order valence-corrected chi connectivity index (χ3v) is 2.47. The van der Waals surface area contributed by atoms with Crippen molar-refractivity contribution in [2.75, 3.05) is 20.3 Å². The standard InChI is InChI=1S/C13H18ClNO2.ClH/c1-4-6-15-9-10-7-11(14)13(16-3)12(8-10)17-5-2;/h4,7-8,15H,1,5-6,9H2,2-3H3;1H. The SMILES string of the molecule is C=CCNCc1cc(Cl)c(OC)c(OCC)c1.Cl. The lowest BCUT2D eigenvalue weighted by atomic mass is 10.2. The van der Waals surface area contributed by atoms with Crippen LogP contribution in [0.4, 0.5) is 0 Å². The van der Waals surface area contributed by atoms with Gasteiger partial charge in [0.1, 0.15) is 0 Å². The molecule has 3 nitrogen and oxygen atoms in total. The van der Waals surface area contributed by atoms with Gasteiger partial charge in [0.2, 0.25) is 0 Å². The smallest absolute Gasteiger partial charge is 0.179 e. The normalized spacial score (nSPS) is 9.50. The zero-order valence-corrected chi connectivity index (χ0v) is 12.2. The minimum absolute atomic E-state index is 0. The molecule has 1 aromatic carbocycles. The van der Waals surface area contributed by atoms with E-state index in [1.807, 2.05) is 25.1 Å². The zero-order valence-electron chi connectivity index (χ0n) is 10.7. The molecule has 0 atom stereocenters. The molecule has 18 heavy (non-hydrogen) atoms. The van der Waals surface area contributed by atoms with E-state index in [0.717, 1.165) is 18.7 Å². The zero-order chi connectivity index (χ0) is 12.7. The Hall–Kier alpha value is -0.900. The predicted octanol–water partition coefficient (Wildman–Crippen LogP) is 3.44. The Morgan fingerprint density at radius 2 is 2.17 bits per heavy atom. The van der Waals surface area contributed by atoms with Gasteiger partial charge < -0.3 is 14.8 Å². The van der Waals surface area contributed by atoms with Crippen molar-refractivity contribution in [2.24, 2.45) is 0 Å². The van der Waals surface area contributed by atoms with Gasteiger partial charge in [-0.05, 0) is 24.6 Å². The van der Waals surface area contributed by atoms with Crippen LogP contribution >= 0.6 is 24.0 Å². The van der Waals surface area contributed by atoms with Crippen LogP contribution in [0.3, 0.4) is 0 Å². The summed E-state index contributed by atoms with van der Waals surface area (Å²) in [6.07, 6.45) is 1.81. The van der Waals surface area contributed by atoms with E-state index in [4.69, 9.17) is 21.1 Å². The predicted molar refractivity (Wildman–Crippen MR) is 78.3 cm³/mol. The van der Waals surface area contributed by atoms with Crippen LogP contribution in [0, 0.1) is 0 Å². The average molecular weight is 292 g/mol. The molecule has 0 aliphatic heterocycles. The molecule has 1 N–H and O–H groups in total. The molecular formula is C13H19Cl2NO2. The van der Waals surface area contributed by atoms with Crippen molar-refractivity contribution >= 4 is 24.0 Å². The summed E-state index contributed by atoms with van der Waals surface area (Å²) in [7, 11) is 1.58. The van der Waals surface area contributed by atoms with Crippen LogP contribution in [-0.4, -0.2) is 20.3 Å². The summed E-state index contributed by atoms with van der Waals surface area (Å²) >= 11 is 6.13. The molecule has 1 aromatic rings. The van der Waals surface area contributed by atoms with Gasteiger partial charge in [-0.15, -0.1) is 19.0 Å². The van der Waals surface area contributed by atoms with Crippen molar-refractivity contribution in [1.29, 1.82) is 0 Å². The number of hydrogen-bond donors (Lipinski definition) is 1. The van der Waals surface area contributed by atoms with Gasteiger partial charge in [-0.25, -0.2) is 0 Å². The molecule has 0 fully saturated rings. The number of benzene rings is 1. The second kappa shape index (κ2) is 9.09. The van der Waals surface area contributed by atoms with Gasteiger partial charge in [-0.3, -0.25) is 0 Å². The van der Waals surface area contributed by atoms with Crippen LogP contribution in [0.5, 0.6) is 11.5 Å². The molecule has 0 spiro atoms. The highest BCUT2D eigenvalue weighted by Gasteiger charge is 2.10. The van der Waals surface area contributed by atoms with Crippen molar-refractivity contribution in [3.05, 3.63) is 35.4 Å². The van der Waals surface area contributed by atoms with Gasteiger partial charge in [0.15, 0.2) is 11.5 Å². The Bertz CT molecular complexity index is 383. The minimum Gasteiger partial charge on any atom is -0.491 e. The van der Waals surface area contributed by atoms with Crippen molar-refractivity contribution in [3.63, 3.8) is 0 Å². The van der Waals surface area contributed by atoms with Crippen LogP contribution in [0.2, 0.25) is 5.02 Å². The Labute approximate surface area is 120 Å². The van der Waals surface area contributed by atoms with E-state index >= 15 is 0 Å². The lowest BCUT2D eigenvalue weighted by molar-refractivity contribution is 0.310. The van der Waals surface area contributed by atoms with Crippen LogP contribution in [0.15, 0.2) is 24.8 Å². The summed E-state index contributed by atoms with van der Waals surface area (Å²) in [5.41, 5.74) is 1.06. The summed E-state index contributed by atoms with van der Waals surface area (Å²) < 4.78 is 10.7. The fraction of sp³-hybridized carbons (Fsp3) is 0.385. The molecule has 0 aliphatic rings. The molecule has 5 heteroatoms. The van der Waals surface area contributed by atoms with Gasteiger partial charge in [0.05, 0.1) is 18.7 Å². The minimum atomic E-state index is 0. The highest BCUT2D eigenvalue weighted by molar-refractivity contribution is 6.32. The molecule has 0 aromatic heterocycles. The highest BCUT2D eigenvalue weighted by Crippen LogP contribution is 2.36. The Morgan fingerprint density at radius 1 is 1.44 bits per heavy atom. The first kappa shape index (κ1) is 17.1. The lowest BCUT2D eigenvalue weighted by Gasteiger charge is -2.13. The van der Waals surface area contributed by atoms with E-state index in [2.05, 4.69) is 11.9 Å². The van der Waals surface area contributed by atoms with Crippen LogP contribution < -0.4 is 14.8 Å². The lowest BCUT2D eigenvalue weighted by Crippen LogP contribution is -2.12. The number of methoxy groups -OCH3 is 1. The highest BCUT2D eigenvalue weighted by atomic mass is 35.5. The van der Waals surface area contributed by atoms with Crippen molar-refractivity contribution < 1.29 is 9.47 Å². The number of rotatable bonds is 7. The largest absolute Gasteiger partial charge is 0.491 e. The topological polar surface area (TPSA) is 30.5 Å². The average Bonchev–Trinajstić information content (AvgIpc) is 2.30. The molecule has 0 amide bonds. The fourth-order valence-corrected chi connectivity index (χ4v) is 1.81. The van der Waals surface area contributed by atoms with Gasteiger partial charge in [-0.1, -0.05) is 17.7 Å². The van der Waals surface area contributed by atoms with Crippen molar-refractivity contribution in [1.82, 2.24) is 5.32 Å². The number of nitrogens with one attached hydrogen (secondary N) is 1. The molecule has 0 radical (unpaired) electrons. The first-order chi connectivity index (χ1) is 8.22. The maximum Gasteiger partial charge on any atom is 0.179 e. The van der Waals surface area contributed by atoms with Crippen LogP contribution in [0.1, 0.15) is 12.5 Å². The van der Waals surface area contributed by atoms with Gasteiger partial charge in [0.25, 0.3) is 0 Å². The molecule has 0 unspecified atom stereocenters. The van der Waals surface area contributed by atoms with E-state index in [1.54, 1.807) is 7.11 Å². The fourth-order valence-electron chi connectivity index (χ4n) is 1.50. The third-order valence-electron chi connectivity index (χ3n) is 2.19. The van der Waals surface area contributed by atoms with Crippen LogP contribution in [-0.2, 0) is 6.54 Å². The molecular weight excluding hydrogens is 273 g/mol. The summed E-state index contributed by atoms with van der Waals surface area (Å²) in [6, 6.07) is 3.81. The molecule has 0 saturated heterocycles. The first-order valence-corrected chi connectivity index (χ1v) is 5.91. The van der Waals surface area contributed by atoms with E-state index < -0.39 is 0 Å². The molecule has 0 heterocycles. The van der Waals surface area contributed by atoms with E-state index in [-0.39, 0.29) is 12.4 Å². The maximum atomic E-state index is 6.13. The van der Waals surface area contributed by atoms with E-state index in [0.29, 0.717) is 23.1 Å². The maximum absolute atomic E-state index is 6.13. The summed E-state index contributed by atoms with van der Waals surface area (Å²) in [6.45, 7) is 7.63. The molecule has 0 aliphatic carbocycles. The van der Waals surface area contributed by atoms with E-state index in [9.17, 15) is 0 Å². The van der Waals surface area contributed by atoms with Crippen LogP contribution in [0.25, 0.3) is 0 Å². The second-order valence-corrected chi connectivity index (χ2v) is 3.87.